The normalized spacial score (nSPS) is 17.1. The minimum absolute atomic E-state index is 0.0295. The number of aromatic nitrogens is 1. The van der Waals surface area contributed by atoms with Gasteiger partial charge in [-0.15, -0.1) is 0 Å². The van der Waals surface area contributed by atoms with Gasteiger partial charge in [0.1, 0.15) is 16.3 Å². The number of benzene rings is 3. The number of anilines is 2. The van der Waals surface area contributed by atoms with Crippen LogP contribution in [-0.2, 0) is 21.6 Å². The summed E-state index contributed by atoms with van der Waals surface area (Å²) in [6.07, 6.45) is 0. The predicted octanol–water partition coefficient (Wildman–Crippen LogP) is 5.55. The van der Waals surface area contributed by atoms with Gasteiger partial charge >= 0.3 is 5.97 Å². The maximum Gasteiger partial charge on any atom is 0.350 e. The number of carbonyl (C=O) groups is 3. The molecule has 5 aromatic rings. The number of amides is 2. The van der Waals surface area contributed by atoms with E-state index >= 15 is 4.79 Å². The molecule has 1 spiro atoms. The molecule has 7 rings (SSSR count). The molecule has 0 bridgehead atoms. The lowest BCUT2D eigenvalue weighted by molar-refractivity contribution is -0.121. The molecule has 1 unspecified atom stereocenters. The third-order valence-electron chi connectivity index (χ3n) is 8.34. The number of methoxy groups -OCH3 is 1. The first-order valence-corrected chi connectivity index (χ1v) is 14.5. The molecule has 0 radical (unpaired) electrons. The van der Waals surface area contributed by atoms with Crippen LogP contribution in [-0.4, -0.2) is 29.9 Å². The number of para-hydroxylation sites is 1. The lowest BCUT2D eigenvalue weighted by atomic mass is 9.84. The first kappa shape index (κ1) is 27.7. The fraction of sp³-hybridized carbons (Fsp3) is 0.182. The van der Waals surface area contributed by atoms with Crippen molar-refractivity contribution in [2.45, 2.75) is 32.9 Å². The fourth-order valence-corrected chi connectivity index (χ4v) is 7.14. The molecule has 44 heavy (non-hydrogen) atoms. The number of hydrogen-bond acceptors (Lipinski definition) is 8. The summed E-state index contributed by atoms with van der Waals surface area (Å²) in [5, 5.41) is 0.260. The predicted molar refractivity (Wildman–Crippen MR) is 162 cm³/mol. The van der Waals surface area contributed by atoms with Crippen molar-refractivity contribution in [2.75, 3.05) is 16.9 Å². The van der Waals surface area contributed by atoms with Gasteiger partial charge < -0.3 is 14.1 Å². The van der Waals surface area contributed by atoms with Crippen LogP contribution in [0.2, 0.25) is 0 Å². The number of carbonyl (C=O) groups excluding carboxylic acids is 3. The molecule has 2 aromatic heterocycles. The van der Waals surface area contributed by atoms with Crippen molar-refractivity contribution in [3.05, 3.63) is 121 Å². The Morgan fingerprint density at radius 1 is 1.02 bits per heavy atom. The van der Waals surface area contributed by atoms with Gasteiger partial charge in [-0.05, 0) is 67.8 Å². The van der Waals surface area contributed by atoms with Crippen LogP contribution in [0, 0.1) is 26.6 Å². The second-order valence-electron chi connectivity index (χ2n) is 10.9. The maximum atomic E-state index is 15.0. The van der Waals surface area contributed by atoms with Crippen molar-refractivity contribution in [3.63, 3.8) is 0 Å². The van der Waals surface area contributed by atoms with E-state index in [2.05, 4.69) is 4.98 Å². The highest BCUT2D eigenvalue weighted by atomic mass is 32.1. The molecule has 0 N–H and O–H groups in total. The second kappa shape index (κ2) is 9.68. The van der Waals surface area contributed by atoms with Crippen LogP contribution in [0.15, 0.2) is 69.9 Å². The Bertz CT molecular complexity index is 2140. The summed E-state index contributed by atoms with van der Waals surface area (Å²) in [4.78, 5) is 63.9. The summed E-state index contributed by atoms with van der Waals surface area (Å²) in [5.41, 5.74) is 1.07. The Labute approximate surface area is 254 Å². The molecule has 11 heteroatoms. The number of fused-ring (bicyclic) bond motifs is 5. The van der Waals surface area contributed by atoms with E-state index in [1.807, 2.05) is 13.8 Å². The number of rotatable bonds is 4. The number of hydrogen-bond donors (Lipinski definition) is 0. The van der Waals surface area contributed by atoms with E-state index in [0.717, 1.165) is 22.5 Å². The molecular weight excluding hydrogens is 585 g/mol. The monoisotopic (exact) mass is 609 g/mol. The number of nitrogens with zero attached hydrogens (tertiary/aromatic N) is 3. The van der Waals surface area contributed by atoms with Crippen molar-refractivity contribution in [1.29, 1.82) is 0 Å². The lowest BCUT2D eigenvalue weighted by Gasteiger charge is -2.32. The summed E-state index contributed by atoms with van der Waals surface area (Å²) in [6, 6.07) is 16.0. The van der Waals surface area contributed by atoms with Gasteiger partial charge in [0.15, 0.2) is 16.1 Å². The molecule has 2 aliphatic heterocycles. The van der Waals surface area contributed by atoms with Crippen molar-refractivity contribution >= 4 is 50.9 Å². The summed E-state index contributed by atoms with van der Waals surface area (Å²) in [6.45, 7) is 5.37. The number of aryl methyl sites for hydroxylation is 3. The summed E-state index contributed by atoms with van der Waals surface area (Å²) in [7, 11) is 1.24. The number of thiazole rings is 1. The molecule has 9 nitrogen and oxygen atoms in total. The van der Waals surface area contributed by atoms with Crippen molar-refractivity contribution < 1.29 is 27.9 Å². The highest BCUT2D eigenvalue weighted by molar-refractivity contribution is 7.17. The van der Waals surface area contributed by atoms with Crippen LogP contribution < -0.4 is 15.2 Å². The topological polar surface area (TPSA) is 110 Å². The molecule has 1 atom stereocenters. The third kappa shape index (κ3) is 3.65. The van der Waals surface area contributed by atoms with Gasteiger partial charge in [0.25, 0.3) is 11.8 Å². The van der Waals surface area contributed by atoms with Crippen LogP contribution in [0.4, 0.5) is 15.2 Å². The van der Waals surface area contributed by atoms with E-state index in [-0.39, 0.29) is 38.8 Å². The lowest BCUT2D eigenvalue weighted by Crippen LogP contribution is -2.53. The van der Waals surface area contributed by atoms with Crippen LogP contribution in [0.3, 0.4) is 0 Å². The molecule has 2 aliphatic rings. The van der Waals surface area contributed by atoms with E-state index in [1.165, 1.54) is 29.0 Å². The van der Waals surface area contributed by atoms with Crippen molar-refractivity contribution in [1.82, 2.24) is 4.98 Å². The first-order valence-electron chi connectivity index (χ1n) is 13.7. The smallest absolute Gasteiger partial charge is 0.350 e. The zero-order chi connectivity index (χ0) is 31.1. The largest absolute Gasteiger partial charge is 0.465 e. The Kier molecular flexibility index (Phi) is 6.08. The van der Waals surface area contributed by atoms with E-state index in [0.29, 0.717) is 22.5 Å². The van der Waals surface area contributed by atoms with E-state index in [9.17, 15) is 18.8 Å². The van der Waals surface area contributed by atoms with Gasteiger partial charge in [-0.2, -0.15) is 0 Å². The molecule has 2 amide bonds. The average Bonchev–Trinajstić information content (AvgIpc) is 3.59. The Balaban J connectivity index is 1.56. The van der Waals surface area contributed by atoms with E-state index in [4.69, 9.17) is 9.15 Å². The van der Waals surface area contributed by atoms with Crippen LogP contribution in [0.25, 0.3) is 11.0 Å². The van der Waals surface area contributed by atoms with Gasteiger partial charge in [0.05, 0.1) is 36.0 Å². The number of halogens is 1. The summed E-state index contributed by atoms with van der Waals surface area (Å²) < 4.78 is 24.8. The van der Waals surface area contributed by atoms with E-state index in [1.54, 1.807) is 55.5 Å². The molecule has 0 saturated carbocycles. The van der Waals surface area contributed by atoms with Crippen LogP contribution in [0.5, 0.6) is 0 Å². The van der Waals surface area contributed by atoms with E-state index < -0.39 is 34.6 Å². The van der Waals surface area contributed by atoms with Crippen LogP contribution >= 0.6 is 11.3 Å². The molecule has 4 heterocycles. The van der Waals surface area contributed by atoms with Crippen LogP contribution in [0.1, 0.15) is 53.7 Å². The highest BCUT2D eigenvalue weighted by Gasteiger charge is 2.66. The number of ether oxygens (including phenoxy) is 1. The molecule has 220 valence electrons. The van der Waals surface area contributed by atoms with Crippen molar-refractivity contribution in [2.24, 2.45) is 0 Å². The standard InChI is InChI=1S/C33H24FN3O6S/c1-16-13-21-24(14-17(16)2)43-27-25(26(21)38)33(37(29(27)39)32-35-18(3)28(44-32)30(40)42-4)22-7-5-6-8-23(22)36(31(33)41)15-19-9-11-20(34)12-10-19/h5-14H,15H2,1-4H3. The highest BCUT2D eigenvalue weighted by Crippen LogP contribution is 2.55. The van der Waals surface area contributed by atoms with Gasteiger partial charge in [0, 0.05) is 5.56 Å². The summed E-state index contributed by atoms with van der Waals surface area (Å²) in [5.74, 6) is -2.67. The second-order valence-corrected chi connectivity index (χ2v) is 11.8. The third-order valence-corrected chi connectivity index (χ3v) is 9.46. The van der Waals surface area contributed by atoms with Gasteiger partial charge in [-0.1, -0.05) is 41.7 Å². The zero-order valence-electron chi connectivity index (χ0n) is 24.1. The molecule has 0 aliphatic carbocycles. The number of esters is 1. The molecular formula is C33H24FN3O6S. The average molecular weight is 610 g/mol. The first-order chi connectivity index (χ1) is 21.1. The summed E-state index contributed by atoms with van der Waals surface area (Å²) >= 11 is 0.886. The Hall–Kier alpha value is -5.16. The van der Waals surface area contributed by atoms with Gasteiger partial charge in [-0.25, -0.2) is 14.2 Å². The van der Waals surface area contributed by atoms with Crippen molar-refractivity contribution in [3.8, 4) is 0 Å². The molecule has 0 saturated heterocycles. The minimum atomic E-state index is -1.99. The maximum absolute atomic E-state index is 15.0. The Morgan fingerprint density at radius 3 is 2.45 bits per heavy atom. The molecule has 3 aromatic carbocycles. The fourth-order valence-electron chi connectivity index (χ4n) is 6.11. The quantitative estimate of drug-likeness (QED) is 0.246. The zero-order valence-corrected chi connectivity index (χ0v) is 24.9. The Morgan fingerprint density at radius 2 is 1.73 bits per heavy atom. The minimum Gasteiger partial charge on any atom is -0.465 e. The SMILES string of the molecule is COC(=O)c1sc(N2C(=O)c3oc4cc(C)c(C)cc4c(=O)c3C23C(=O)N(Cc2ccc(F)cc2)c2ccccc23)nc1C. The van der Waals surface area contributed by atoms with Gasteiger partial charge in [0.2, 0.25) is 5.76 Å². The molecule has 0 fully saturated rings. The van der Waals surface area contributed by atoms with Gasteiger partial charge in [-0.3, -0.25) is 19.3 Å².